The van der Waals surface area contributed by atoms with Crippen LogP contribution in [0.5, 0.6) is 0 Å². The van der Waals surface area contributed by atoms with Crippen LogP contribution in [0.4, 0.5) is 0 Å². The number of nitrogens with one attached hydrogen (secondary N) is 1. The highest BCUT2D eigenvalue weighted by Gasteiger charge is 2.12. The van der Waals surface area contributed by atoms with Gasteiger partial charge in [-0.2, -0.15) is 0 Å². The Labute approximate surface area is 114 Å². The van der Waals surface area contributed by atoms with Crippen LogP contribution in [-0.4, -0.2) is 55.1 Å². The molecular weight excluding hydrogens is 244 g/mol. The van der Waals surface area contributed by atoms with E-state index in [1.807, 2.05) is 7.05 Å². The fraction of sp³-hybridized carbons (Fsp3) is 0.769. The highest BCUT2D eigenvalue weighted by molar-refractivity contribution is 7.09. The number of thiazole rings is 1. The van der Waals surface area contributed by atoms with Crippen molar-refractivity contribution in [2.45, 2.75) is 25.9 Å². The summed E-state index contributed by atoms with van der Waals surface area (Å²) in [5.41, 5.74) is 1.20. The minimum Gasteiger partial charge on any atom is -0.314 e. The molecule has 0 aliphatic carbocycles. The smallest absolute Gasteiger partial charge is 0.107 e. The zero-order chi connectivity index (χ0) is 12.8. The number of rotatable bonds is 7. The first-order valence-corrected chi connectivity index (χ1v) is 7.64. The van der Waals surface area contributed by atoms with Gasteiger partial charge in [0.05, 0.1) is 5.69 Å². The van der Waals surface area contributed by atoms with Gasteiger partial charge in [-0.05, 0) is 40.0 Å². The van der Waals surface area contributed by atoms with Crippen molar-refractivity contribution in [2.24, 2.45) is 0 Å². The van der Waals surface area contributed by atoms with Gasteiger partial charge in [-0.15, -0.1) is 11.3 Å². The largest absolute Gasteiger partial charge is 0.314 e. The SMILES string of the molecule is CNCc1nc(CN(C)CCN2CCCC2)cs1. The Kier molecular flexibility index (Phi) is 5.56. The average Bonchev–Trinajstić information content (AvgIpc) is 2.99. The van der Waals surface area contributed by atoms with Crippen LogP contribution in [0.1, 0.15) is 23.5 Å². The summed E-state index contributed by atoms with van der Waals surface area (Å²) in [5, 5.41) is 6.50. The molecule has 1 N–H and O–H groups in total. The Morgan fingerprint density at radius 1 is 1.44 bits per heavy atom. The zero-order valence-electron chi connectivity index (χ0n) is 11.5. The predicted octanol–water partition coefficient (Wildman–Crippen LogP) is 1.39. The molecule has 0 amide bonds. The van der Waals surface area contributed by atoms with Crippen LogP contribution in [0.3, 0.4) is 0 Å². The summed E-state index contributed by atoms with van der Waals surface area (Å²) < 4.78 is 0. The monoisotopic (exact) mass is 268 g/mol. The molecule has 0 aromatic carbocycles. The number of likely N-dealkylation sites (N-methyl/N-ethyl adjacent to an activating group) is 1. The molecule has 18 heavy (non-hydrogen) atoms. The van der Waals surface area contributed by atoms with E-state index < -0.39 is 0 Å². The van der Waals surface area contributed by atoms with Gasteiger partial charge in [-0.3, -0.25) is 4.90 Å². The summed E-state index contributed by atoms with van der Waals surface area (Å²) in [7, 11) is 4.15. The van der Waals surface area contributed by atoms with Crippen molar-refractivity contribution in [1.82, 2.24) is 20.1 Å². The third-order valence-corrected chi connectivity index (χ3v) is 4.25. The minimum atomic E-state index is 0.877. The highest BCUT2D eigenvalue weighted by Crippen LogP contribution is 2.11. The van der Waals surface area contributed by atoms with E-state index in [9.17, 15) is 0 Å². The van der Waals surface area contributed by atoms with Crippen LogP contribution < -0.4 is 5.32 Å². The first-order valence-electron chi connectivity index (χ1n) is 6.76. The lowest BCUT2D eigenvalue weighted by Gasteiger charge is -2.20. The number of nitrogens with zero attached hydrogens (tertiary/aromatic N) is 3. The number of likely N-dealkylation sites (tertiary alicyclic amines) is 1. The minimum absolute atomic E-state index is 0.877. The molecule has 0 radical (unpaired) electrons. The van der Waals surface area contributed by atoms with Crippen LogP contribution in [0.2, 0.25) is 0 Å². The molecule has 1 saturated heterocycles. The molecule has 0 atom stereocenters. The molecule has 1 aliphatic heterocycles. The molecule has 4 nitrogen and oxygen atoms in total. The van der Waals surface area contributed by atoms with Crippen LogP contribution in [0, 0.1) is 0 Å². The second kappa shape index (κ2) is 7.19. The van der Waals surface area contributed by atoms with Gasteiger partial charge in [-0.1, -0.05) is 0 Å². The van der Waals surface area contributed by atoms with Gasteiger partial charge >= 0.3 is 0 Å². The number of hydrogen-bond acceptors (Lipinski definition) is 5. The number of hydrogen-bond donors (Lipinski definition) is 1. The molecule has 0 unspecified atom stereocenters. The summed E-state index contributed by atoms with van der Waals surface area (Å²) in [6.07, 6.45) is 2.76. The molecule has 1 aromatic heterocycles. The molecule has 1 aromatic rings. The predicted molar refractivity (Wildman–Crippen MR) is 76.9 cm³/mol. The van der Waals surface area contributed by atoms with Gasteiger partial charge < -0.3 is 10.2 Å². The van der Waals surface area contributed by atoms with Gasteiger partial charge in [-0.25, -0.2) is 4.98 Å². The topological polar surface area (TPSA) is 31.4 Å². The maximum Gasteiger partial charge on any atom is 0.107 e. The van der Waals surface area contributed by atoms with E-state index in [-0.39, 0.29) is 0 Å². The third kappa shape index (κ3) is 4.31. The second-order valence-corrected chi connectivity index (χ2v) is 5.99. The maximum atomic E-state index is 4.62. The van der Waals surface area contributed by atoms with Crippen molar-refractivity contribution in [2.75, 3.05) is 40.3 Å². The third-order valence-electron chi connectivity index (χ3n) is 3.36. The Morgan fingerprint density at radius 3 is 2.94 bits per heavy atom. The Morgan fingerprint density at radius 2 is 2.22 bits per heavy atom. The summed E-state index contributed by atoms with van der Waals surface area (Å²) in [4.78, 5) is 9.55. The van der Waals surface area contributed by atoms with E-state index in [0.29, 0.717) is 0 Å². The Balaban J connectivity index is 1.70. The maximum absolute atomic E-state index is 4.62. The van der Waals surface area contributed by atoms with Crippen LogP contribution in [0.25, 0.3) is 0 Å². The van der Waals surface area contributed by atoms with Gasteiger partial charge in [0.25, 0.3) is 0 Å². The van der Waals surface area contributed by atoms with Crippen LogP contribution in [-0.2, 0) is 13.1 Å². The van der Waals surface area contributed by atoms with Crippen molar-refractivity contribution >= 4 is 11.3 Å². The van der Waals surface area contributed by atoms with Gasteiger partial charge in [0.1, 0.15) is 5.01 Å². The van der Waals surface area contributed by atoms with Crippen LogP contribution >= 0.6 is 11.3 Å². The lowest BCUT2D eigenvalue weighted by molar-refractivity contribution is 0.251. The van der Waals surface area contributed by atoms with E-state index in [4.69, 9.17) is 0 Å². The lowest BCUT2D eigenvalue weighted by atomic mass is 10.4. The fourth-order valence-electron chi connectivity index (χ4n) is 2.33. The van der Waals surface area contributed by atoms with E-state index in [0.717, 1.165) is 19.6 Å². The number of aromatic nitrogens is 1. The molecule has 2 heterocycles. The highest BCUT2D eigenvalue weighted by atomic mass is 32.1. The van der Waals surface area contributed by atoms with Crippen molar-refractivity contribution in [3.8, 4) is 0 Å². The molecule has 0 saturated carbocycles. The van der Waals surface area contributed by atoms with Gasteiger partial charge in [0.2, 0.25) is 0 Å². The van der Waals surface area contributed by atoms with E-state index in [2.05, 4.69) is 32.5 Å². The second-order valence-electron chi connectivity index (χ2n) is 5.05. The van der Waals surface area contributed by atoms with E-state index >= 15 is 0 Å². The Bertz CT molecular complexity index is 347. The van der Waals surface area contributed by atoms with Crippen molar-refractivity contribution in [1.29, 1.82) is 0 Å². The zero-order valence-corrected chi connectivity index (χ0v) is 12.3. The molecular formula is C13H24N4S. The van der Waals surface area contributed by atoms with Crippen molar-refractivity contribution < 1.29 is 0 Å². The lowest BCUT2D eigenvalue weighted by Crippen LogP contribution is -2.31. The van der Waals surface area contributed by atoms with Crippen molar-refractivity contribution in [3.05, 3.63) is 16.1 Å². The molecule has 1 aliphatic rings. The van der Waals surface area contributed by atoms with Crippen molar-refractivity contribution in [3.63, 3.8) is 0 Å². The molecule has 1 fully saturated rings. The summed E-state index contributed by atoms with van der Waals surface area (Å²) >= 11 is 1.75. The summed E-state index contributed by atoms with van der Waals surface area (Å²) in [5.74, 6) is 0. The van der Waals surface area contributed by atoms with E-state index in [1.165, 1.54) is 43.2 Å². The Hall–Kier alpha value is -0.490. The first-order chi connectivity index (χ1) is 8.78. The van der Waals surface area contributed by atoms with Gasteiger partial charge in [0.15, 0.2) is 0 Å². The molecule has 5 heteroatoms. The molecule has 0 spiro atoms. The molecule has 2 rings (SSSR count). The molecule has 102 valence electrons. The standard InChI is InChI=1S/C13H24N4S/c1-14-9-13-15-12(11-18-13)10-16(2)7-8-17-5-3-4-6-17/h11,14H,3-10H2,1-2H3. The normalized spacial score (nSPS) is 16.8. The van der Waals surface area contributed by atoms with E-state index in [1.54, 1.807) is 11.3 Å². The average molecular weight is 268 g/mol. The molecule has 0 bridgehead atoms. The fourth-order valence-corrected chi connectivity index (χ4v) is 3.12. The summed E-state index contributed by atoms with van der Waals surface area (Å²) in [6.45, 7) is 6.76. The summed E-state index contributed by atoms with van der Waals surface area (Å²) in [6, 6.07) is 0. The van der Waals surface area contributed by atoms with Gasteiger partial charge in [0, 0.05) is 31.6 Å². The quantitative estimate of drug-likeness (QED) is 0.810. The first kappa shape index (κ1) is 13.9. The van der Waals surface area contributed by atoms with Crippen LogP contribution in [0.15, 0.2) is 5.38 Å².